The predicted octanol–water partition coefficient (Wildman–Crippen LogP) is 3.21. The van der Waals surface area contributed by atoms with E-state index in [0.29, 0.717) is 12.5 Å². The number of para-hydroxylation sites is 1. The predicted molar refractivity (Wildman–Crippen MR) is 81.5 cm³/mol. The van der Waals surface area contributed by atoms with E-state index < -0.39 is 0 Å². The average Bonchev–Trinajstić information content (AvgIpc) is 2.47. The van der Waals surface area contributed by atoms with Crippen molar-refractivity contribution in [1.82, 2.24) is 4.98 Å². The molecule has 0 radical (unpaired) electrons. The van der Waals surface area contributed by atoms with Gasteiger partial charge >= 0.3 is 0 Å². The maximum Gasteiger partial charge on any atom is 0.129 e. The van der Waals surface area contributed by atoms with Crippen LogP contribution < -0.4 is 4.90 Å². The quantitative estimate of drug-likeness (QED) is 0.923. The number of anilines is 1. The van der Waals surface area contributed by atoms with Crippen molar-refractivity contribution in [2.24, 2.45) is 5.92 Å². The van der Waals surface area contributed by atoms with Crippen molar-refractivity contribution in [3.8, 4) is 0 Å². The van der Waals surface area contributed by atoms with Gasteiger partial charge in [0.1, 0.15) is 5.82 Å². The van der Waals surface area contributed by atoms with Gasteiger partial charge in [0.2, 0.25) is 0 Å². The van der Waals surface area contributed by atoms with E-state index in [1.807, 2.05) is 12.1 Å². The molecular weight excluding hydrogens is 304 g/mol. The zero-order valence-electron chi connectivity index (χ0n) is 10.7. The van der Waals surface area contributed by atoms with Gasteiger partial charge in [-0.3, -0.25) is 0 Å². The third-order valence-electron chi connectivity index (χ3n) is 3.85. The Hall–Kier alpha value is -1.13. The molecule has 19 heavy (non-hydrogen) atoms. The van der Waals surface area contributed by atoms with E-state index in [0.717, 1.165) is 47.1 Å². The Morgan fingerprint density at radius 3 is 2.74 bits per heavy atom. The molecule has 0 saturated carbocycles. The molecule has 1 N–H and O–H groups in total. The lowest BCUT2D eigenvalue weighted by atomic mass is 9.98. The second-order valence-corrected chi connectivity index (χ2v) is 5.95. The van der Waals surface area contributed by atoms with Crippen molar-refractivity contribution in [1.29, 1.82) is 0 Å². The number of rotatable bonds is 2. The summed E-state index contributed by atoms with van der Waals surface area (Å²) in [5.41, 5.74) is 1.02. The van der Waals surface area contributed by atoms with Gasteiger partial charge in [-0.15, -0.1) is 0 Å². The van der Waals surface area contributed by atoms with Crippen LogP contribution in [0.1, 0.15) is 12.8 Å². The molecular formula is C15H17BrN2O. The highest BCUT2D eigenvalue weighted by molar-refractivity contribution is 9.10. The van der Waals surface area contributed by atoms with Gasteiger partial charge in [0.25, 0.3) is 0 Å². The van der Waals surface area contributed by atoms with Crippen LogP contribution in [-0.2, 0) is 0 Å². The minimum Gasteiger partial charge on any atom is -0.396 e. The van der Waals surface area contributed by atoms with E-state index in [1.54, 1.807) is 0 Å². The second kappa shape index (κ2) is 5.47. The number of benzene rings is 1. The lowest BCUT2D eigenvalue weighted by Gasteiger charge is -2.32. The van der Waals surface area contributed by atoms with Gasteiger partial charge in [-0.2, -0.15) is 0 Å². The van der Waals surface area contributed by atoms with Crippen molar-refractivity contribution >= 4 is 32.7 Å². The largest absolute Gasteiger partial charge is 0.396 e. The third kappa shape index (κ3) is 2.60. The SMILES string of the molecule is OCC1CCN(c2ccc3cccc(Br)c3n2)CC1. The van der Waals surface area contributed by atoms with Gasteiger partial charge in [0, 0.05) is 29.6 Å². The summed E-state index contributed by atoms with van der Waals surface area (Å²) in [6.07, 6.45) is 2.10. The second-order valence-electron chi connectivity index (χ2n) is 5.09. The smallest absolute Gasteiger partial charge is 0.129 e. The minimum absolute atomic E-state index is 0.310. The van der Waals surface area contributed by atoms with Crippen LogP contribution in [0.5, 0.6) is 0 Å². The summed E-state index contributed by atoms with van der Waals surface area (Å²) in [5.74, 6) is 1.50. The van der Waals surface area contributed by atoms with Crippen molar-refractivity contribution in [3.05, 3.63) is 34.8 Å². The van der Waals surface area contributed by atoms with Gasteiger partial charge in [-0.25, -0.2) is 4.98 Å². The Labute approximate surface area is 121 Å². The van der Waals surface area contributed by atoms with Crippen molar-refractivity contribution in [2.75, 3.05) is 24.6 Å². The molecule has 1 fully saturated rings. The average molecular weight is 321 g/mol. The maximum atomic E-state index is 9.19. The van der Waals surface area contributed by atoms with Crippen LogP contribution in [0, 0.1) is 5.92 Å². The number of hydrogen-bond donors (Lipinski definition) is 1. The van der Waals surface area contributed by atoms with E-state index in [1.165, 1.54) is 0 Å². The summed E-state index contributed by atoms with van der Waals surface area (Å²) in [7, 11) is 0. The van der Waals surface area contributed by atoms with Gasteiger partial charge in [-0.1, -0.05) is 12.1 Å². The van der Waals surface area contributed by atoms with E-state index in [4.69, 9.17) is 4.98 Å². The highest BCUT2D eigenvalue weighted by Crippen LogP contribution is 2.27. The number of hydrogen-bond acceptors (Lipinski definition) is 3. The third-order valence-corrected chi connectivity index (χ3v) is 4.49. The number of pyridine rings is 1. The zero-order valence-corrected chi connectivity index (χ0v) is 12.3. The Balaban J connectivity index is 1.87. The molecule has 100 valence electrons. The van der Waals surface area contributed by atoms with E-state index in [-0.39, 0.29) is 0 Å². The molecule has 4 heteroatoms. The number of fused-ring (bicyclic) bond motifs is 1. The van der Waals surface area contributed by atoms with Crippen LogP contribution in [0.15, 0.2) is 34.8 Å². The fraction of sp³-hybridized carbons (Fsp3) is 0.400. The van der Waals surface area contributed by atoms with Gasteiger partial charge in [0.05, 0.1) is 5.52 Å². The zero-order chi connectivity index (χ0) is 13.2. The number of halogens is 1. The molecule has 2 heterocycles. The number of nitrogens with zero attached hydrogens (tertiary/aromatic N) is 2. The number of aromatic nitrogens is 1. The molecule has 0 unspecified atom stereocenters. The lowest BCUT2D eigenvalue weighted by molar-refractivity contribution is 0.203. The Bertz CT molecular complexity index is 579. The monoisotopic (exact) mass is 320 g/mol. The van der Waals surface area contributed by atoms with Crippen LogP contribution >= 0.6 is 15.9 Å². The summed E-state index contributed by atoms with van der Waals surface area (Å²) in [6.45, 7) is 2.27. The van der Waals surface area contributed by atoms with Gasteiger partial charge in [0.15, 0.2) is 0 Å². The first kappa shape index (κ1) is 12.9. The molecule has 1 aliphatic rings. The molecule has 0 bridgehead atoms. The summed E-state index contributed by atoms with van der Waals surface area (Å²) in [4.78, 5) is 7.08. The van der Waals surface area contributed by atoms with Crippen LogP contribution in [0.25, 0.3) is 10.9 Å². The molecule has 0 aliphatic carbocycles. The normalized spacial score (nSPS) is 17.1. The number of piperidine rings is 1. The first-order valence-electron chi connectivity index (χ1n) is 6.69. The Morgan fingerprint density at radius 1 is 1.21 bits per heavy atom. The van der Waals surface area contributed by atoms with Crippen LogP contribution in [0.2, 0.25) is 0 Å². The molecule has 1 aliphatic heterocycles. The molecule has 2 aromatic rings. The highest BCUT2D eigenvalue weighted by Gasteiger charge is 2.19. The molecule has 3 nitrogen and oxygen atoms in total. The van der Waals surface area contributed by atoms with Crippen LogP contribution in [0.4, 0.5) is 5.82 Å². The summed E-state index contributed by atoms with van der Waals surface area (Å²) in [5, 5.41) is 10.3. The lowest BCUT2D eigenvalue weighted by Crippen LogP contribution is -2.35. The van der Waals surface area contributed by atoms with E-state index in [2.05, 4.69) is 39.0 Å². The number of aliphatic hydroxyl groups excluding tert-OH is 1. The summed E-state index contributed by atoms with van der Waals surface area (Å²) >= 11 is 3.56. The van der Waals surface area contributed by atoms with Crippen molar-refractivity contribution in [2.45, 2.75) is 12.8 Å². The Morgan fingerprint density at radius 2 is 2.00 bits per heavy atom. The first-order valence-corrected chi connectivity index (χ1v) is 7.48. The maximum absolute atomic E-state index is 9.19. The van der Waals surface area contributed by atoms with Gasteiger partial charge < -0.3 is 10.0 Å². The van der Waals surface area contributed by atoms with E-state index in [9.17, 15) is 5.11 Å². The van der Waals surface area contributed by atoms with Crippen molar-refractivity contribution < 1.29 is 5.11 Å². The molecule has 1 aromatic carbocycles. The van der Waals surface area contributed by atoms with Crippen LogP contribution in [0.3, 0.4) is 0 Å². The molecule has 1 saturated heterocycles. The fourth-order valence-corrected chi connectivity index (χ4v) is 3.09. The molecule has 0 spiro atoms. The fourth-order valence-electron chi connectivity index (χ4n) is 2.62. The Kier molecular flexibility index (Phi) is 3.71. The highest BCUT2D eigenvalue weighted by atomic mass is 79.9. The molecule has 0 atom stereocenters. The molecule has 0 amide bonds. The summed E-state index contributed by atoms with van der Waals surface area (Å²) in [6, 6.07) is 10.3. The standard InChI is InChI=1S/C15H17BrN2O/c16-13-3-1-2-12-4-5-14(17-15(12)13)18-8-6-11(10-19)7-9-18/h1-5,11,19H,6-10H2. The minimum atomic E-state index is 0.310. The van der Waals surface area contributed by atoms with Crippen molar-refractivity contribution in [3.63, 3.8) is 0 Å². The molecule has 3 rings (SSSR count). The van der Waals surface area contributed by atoms with Crippen LogP contribution in [-0.4, -0.2) is 29.8 Å². The topological polar surface area (TPSA) is 36.4 Å². The number of aliphatic hydroxyl groups is 1. The van der Waals surface area contributed by atoms with Gasteiger partial charge in [-0.05, 0) is 52.9 Å². The molecule has 1 aromatic heterocycles. The van der Waals surface area contributed by atoms with E-state index >= 15 is 0 Å². The summed E-state index contributed by atoms with van der Waals surface area (Å²) < 4.78 is 1.04. The first-order chi connectivity index (χ1) is 9.28.